The predicted molar refractivity (Wildman–Crippen MR) is 127 cm³/mol. The van der Waals surface area contributed by atoms with Crippen LogP contribution in [-0.4, -0.2) is 52.9 Å². The van der Waals surface area contributed by atoms with Crippen LogP contribution in [0.15, 0.2) is 36.4 Å². The maximum absolute atomic E-state index is 13.9. The van der Waals surface area contributed by atoms with E-state index in [1.54, 1.807) is 13.0 Å². The van der Waals surface area contributed by atoms with Crippen molar-refractivity contribution in [3.05, 3.63) is 70.0 Å². The summed E-state index contributed by atoms with van der Waals surface area (Å²) in [5, 5.41) is 19.7. The lowest BCUT2D eigenvalue weighted by Gasteiger charge is -2.28. The number of β-amino-alcohol motifs (C(OH)–C–C–N with tert-alkyl or cyclic N) is 1. The summed E-state index contributed by atoms with van der Waals surface area (Å²) >= 11 is 0. The Kier molecular flexibility index (Phi) is 9.01. The van der Waals surface area contributed by atoms with Gasteiger partial charge in [0.25, 0.3) is 0 Å². The van der Waals surface area contributed by atoms with E-state index >= 15 is 0 Å². The third kappa shape index (κ3) is 7.36. The second kappa shape index (κ2) is 11.7. The Labute approximate surface area is 196 Å². The molecule has 1 aliphatic rings. The molecule has 0 radical (unpaired) electrons. The minimum atomic E-state index is -0.820. The molecule has 3 atom stereocenters. The van der Waals surface area contributed by atoms with Crippen LogP contribution in [0.2, 0.25) is 0 Å². The Hall–Kier alpha value is -2.28. The number of rotatable bonds is 11. The molecule has 180 valence electrons. The SMILES string of the molecule is Cc1ccc(CCC(=O)O)c([C@@H](C)OC[C@@H](O)CN2CCC[C@H]2Cc2ccc(C)c(F)c2)c1. The topological polar surface area (TPSA) is 70.0 Å². The Balaban J connectivity index is 1.54. The van der Waals surface area contributed by atoms with Crippen molar-refractivity contribution in [3.8, 4) is 0 Å². The molecule has 1 aliphatic heterocycles. The first-order valence-corrected chi connectivity index (χ1v) is 11.8. The van der Waals surface area contributed by atoms with Crippen molar-refractivity contribution in [3.63, 3.8) is 0 Å². The molecular formula is C27H36FNO4. The average Bonchev–Trinajstić information content (AvgIpc) is 3.19. The molecule has 0 aliphatic carbocycles. The van der Waals surface area contributed by atoms with Crippen LogP contribution in [0.25, 0.3) is 0 Å². The van der Waals surface area contributed by atoms with Gasteiger partial charge in [-0.15, -0.1) is 0 Å². The molecule has 0 spiro atoms. The van der Waals surface area contributed by atoms with E-state index in [9.17, 15) is 14.3 Å². The zero-order chi connectivity index (χ0) is 24.0. The molecule has 1 fully saturated rings. The lowest BCUT2D eigenvalue weighted by atomic mass is 9.97. The summed E-state index contributed by atoms with van der Waals surface area (Å²) in [6, 6.07) is 11.7. The molecule has 6 heteroatoms. The van der Waals surface area contributed by atoms with Gasteiger partial charge in [0.1, 0.15) is 5.82 Å². The number of carbonyl (C=O) groups is 1. The molecule has 0 amide bonds. The fraction of sp³-hybridized carbons (Fsp3) is 0.519. The Bertz CT molecular complexity index is 948. The summed E-state index contributed by atoms with van der Waals surface area (Å²) < 4.78 is 19.9. The number of hydrogen-bond acceptors (Lipinski definition) is 4. The second-order valence-corrected chi connectivity index (χ2v) is 9.30. The van der Waals surface area contributed by atoms with Crippen LogP contribution in [0.1, 0.15) is 60.1 Å². The number of aliphatic hydroxyl groups excluding tert-OH is 1. The number of hydrogen-bond donors (Lipinski definition) is 2. The highest BCUT2D eigenvalue weighted by Crippen LogP contribution is 2.25. The predicted octanol–water partition coefficient (Wildman–Crippen LogP) is 4.61. The van der Waals surface area contributed by atoms with Crippen LogP contribution in [0.4, 0.5) is 4.39 Å². The van der Waals surface area contributed by atoms with Crippen LogP contribution < -0.4 is 0 Å². The first-order chi connectivity index (χ1) is 15.7. The standard InChI is InChI=1S/C27H36FNO4/c1-18-6-9-22(10-11-27(31)32)25(13-18)20(3)33-17-24(30)16-29-12-4-5-23(29)14-21-8-7-19(2)26(28)15-21/h6-9,13,15,20,23-24,30H,4-5,10-12,14,16-17H2,1-3H3,(H,31,32)/t20-,23+,24+/m1/s1. The van der Waals surface area contributed by atoms with Gasteiger partial charge in [-0.25, -0.2) is 4.39 Å². The van der Waals surface area contributed by atoms with E-state index in [1.165, 1.54) is 0 Å². The van der Waals surface area contributed by atoms with Crippen molar-refractivity contribution >= 4 is 5.97 Å². The summed E-state index contributed by atoms with van der Waals surface area (Å²) in [4.78, 5) is 13.3. The van der Waals surface area contributed by atoms with Gasteiger partial charge in [-0.2, -0.15) is 0 Å². The molecule has 0 aromatic heterocycles. The first-order valence-electron chi connectivity index (χ1n) is 11.8. The number of benzene rings is 2. The maximum Gasteiger partial charge on any atom is 0.303 e. The van der Waals surface area contributed by atoms with E-state index in [4.69, 9.17) is 9.84 Å². The molecule has 5 nitrogen and oxygen atoms in total. The van der Waals surface area contributed by atoms with E-state index in [0.29, 0.717) is 24.6 Å². The van der Waals surface area contributed by atoms with Crippen LogP contribution >= 0.6 is 0 Å². The molecule has 2 aromatic rings. The number of ether oxygens (including phenoxy) is 1. The molecule has 1 heterocycles. The number of carboxylic acids is 1. The minimum absolute atomic E-state index is 0.0760. The Morgan fingerprint density at radius 2 is 2.03 bits per heavy atom. The largest absolute Gasteiger partial charge is 0.481 e. The van der Waals surface area contributed by atoms with E-state index < -0.39 is 12.1 Å². The average molecular weight is 458 g/mol. The van der Waals surface area contributed by atoms with Crippen molar-refractivity contribution in [1.82, 2.24) is 4.90 Å². The molecular weight excluding hydrogens is 421 g/mol. The quantitative estimate of drug-likeness (QED) is 0.516. The van der Waals surface area contributed by atoms with Gasteiger partial charge in [-0.1, -0.05) is 35.9 Å². The summed E-state index contributed by atoms with van der Waals surface area (Å²) in [6.07, 6.45) is 2.54. The van der Waals surface area contributed by atoms with Gasteiger partial charge in [0.15, 0.2) is 0 Å². The molecule has 33 heavy (non-hydrogen) atoms. The molecule has 0 unspecified atom stereocenters. The molecule has 0 saturated carbocycles. The smallest absolute Gasteiger partial charge is 0.303 e. The first kappa shape index (κ1) is 25.3. The van der Waals surface area contributed by atoms with E-state index in [2.05, 4.69) is 4.90 Å². The van der Waals surface area contributed by atoms with Gasteiger partial charge in [0, 0.05) is 19.0 Å². The van der Waals surface area contributed by atoms with Crippen molar-refractivity contribution in [1.29, 1.82) is 0 Å². The minimum Gasteiger partial charge on any atom is -0.481 e. The number of halogens is 1. The van der Waals surface area contributed by atoms with Crippen LogP contribution in [0, 0.1) is 19.7 Å². The fourth-order valence-electron chi connectivity index (χ4n) is 4.63. The number of aliphatic carboxylic acids is 1. The van der Waals surface area contributed by atoms with Gasteiger partial charge in [0.2, 0.25) is 0 Å². The van der Waals surface area contributed by atoms with Crippen LogP contribution in [0.5, 0.6) is 0 Å². The molecule has 0 bridgehead atoms. The van der Waals surface area contributed by atoms with Gasteiger partial charge in [-0.05, 0) is 81.3 Å². The van der Waals surface area contributed by atoms with Crippen LogP contribution in [0.3, 0.4) is 0 Å². The number of likely N-dealkylation sites (tertiary alicyclic amines) is 1. The number of aryl methyl sites for hydroxylation is 3. The number of aliphatic hydroxyl groups is 1. The lowest BCUT2D eigenvalue weighted by molar-refractivity contribution is -0.136. The summed E-state index contributed by atoms with van der Waals surface area (Å²) in [5.74, 6) is -0.989. The van der Waals surface area contributed by atoms with Gasteiger partial charge >= 0.3 is 5.97 Å². The highest BCUT2D eigenvalue weighted by atomic mass is 19.1. The van der Waals surface area contributed by atoms with Gasteiger partial charge in [0.05, 0.1) is 18.8 Å². The van der Waals surface area contributed by atoms with Gasteiger partial charge in [-0.3, -0.25) is 9.69 Å². The maximum atomic E-state index is 13.9. The molecule has 2 N–H and O–H groups in total. The van der Waals surface area contributed by atoms with E-state index in [-0.39, 0.29) is 24.9 Å². The van der Waals surface area contributed by atoms with E-state index in [0.717, 1.165) is 48.1 Å². The second-order valence-electron chi connectivity index (χ2n) is 9.30. The van der Waals surface area contributed by atoms with Gasteiger partial charge < -0.3 is 14.9 Å². The fourth-order valence-corrected chi connectivity index (χ4v) is 4.63. The summed E-state index contributed by atoms with van der Waals surface area (Å²) in [7, 11) is 0. The highest BCUT2D eigenvalue weighted by Gasteiger charge is 2.27. The zero-order valence-corrected chi connectivity index (χ0v) is 19.9. The summed E-state index contributed by atoms with van der Waals surface area (Å²) in [6.45, 7) is 7.35. The van der Waals surface area contributed by atoms with Crippen molar-refractivity contribution in [2.24, 2.45) is 0 Å². The van der Waals surface area contributed by atoms with Crippen molar-refractivity contribution < 1.29 is 24.1 Å². The molecule has 2 aromatic carbocycles. The zero-order valence-electron chi connectivity index (χ0n) is 19.9. The number of nitrogens with zero attached hydrogens (tertiary/aromatic N) is 1. The van der Waals surface area contributed by atoms with Crippen molar-refractivity contribution in [2.45, 2.75) is 71.1 Å². The molecule has 3 rings (SSSR count). The van der Waals surface area contributed by atoms with Crippen molar-refractivity contribution in [2.75, 3.05) is 19.7 Å². The molecule has 1 saturated heterocycles. The van der Waals surface area contributed by atoms with E-state index in [1.807, 2.05) is 44.2 Å². The lowest BCUT2D eigenvalue weighted by Crippen LogP contribution is -2.39. The summed E-state index contributed by atoms with van der Waals surface area (Å²) in [5.41, 5.74) is 4.68. The monoisotopic (exact) mass is 457 g/mol. The normalized spacial score (nSPS) is 18.4. The Morgan fingerprint density at radius 3 is 2.76 bits per heavy atom. The van der Waals surface area contributed by atoms with Crippen LogP contribution in [-0.2, 0) is 22.4 Å². The Morgan fingerprint density at radius 1 is 1.24 bits per heavy atom. The third-order valence-electron chi connectivity index (χ3n) is 6.54. The third-order valence-corrected chi connectivity index (χ3v) is 6.54. The highest BCUT2D eigenvalue weighted by molar-refractivity contribution is 5.67. The number of carboxylic acid groups (broad SMARTS) is 1.